The van der Waals surface area contributed by atoms with Gasteiger partial charge in [0.1, 0.15) is 0 Å². The third kappa shape index (κ3) is 8.55. The fraction of sp³-hybridized carbons (Fsp3) is 1.00. The van der Waals surface area contributed by atoms with Crippen LogP contribution in [0.1, 0.15) is 59.3 Å². The van der Waals surface area contributed by atoms with Gasteiger partial charge in [-0.25, -0.2) is 0 Å². The second-order valence-corrected chi connectivity index (χ2v) is 4.69. The topological polar surface area (TPSA) is 3.24 Å². The van der Waals surface area contributed by atoms with Gasteiger partial charge in [0.05, 0.1) is 0 Å². The van der Waals surface area contributed by atoms with Crippen LogP contribution in [0.2, 0.25) is 0 Å². The fourth-order valence-electron chi connectivity index (χ4n) is 1.68. The summed E-state index contributed by atoms with van der Waals surface area (Å²) in [7, 11) is 2.25. The van der Waals surface area contributed by atoms with Gasteiger partial charge in [0.15, 0.2) is 0 Å². The summed E-state index contributed by atoms with van der Waals surface area (Å²) < 4.78 is 0. The van der Waals surface area contributed by atoms with Gasteiger partial charge < -0.3 is 4.90 Å². The molecule has 0 heterocycles. The van der Waals surface area contributed by atoms with Crippen LogP contribution in [0.25, 0.3) is 0 Å². The maximum Gasteiger partial charge on any atom is -0.00192 e. The summed E-state index contributed by atoms with van der Waals surface area (Å²) in [6.45, 7) is 9.49. The van der Waals surface area contributed by atoms with Crippen molar-refractivity contribution < 1.29 is 0 Å². The van der Waals surface area contributed by atoms with Crippen LogP contribution >= 0.6 is 0 Å². The van der Waals surface area contributed by atoms with E-state index in [0.29, 0.717) is 0 Å². The Morgan fingerprint density at radius 2 is 1.57 bits per heavy atom. The summed E-state index contributed by atoms with van der Waals surface area (Å²) in [5.41, 5.74) is 0. The molecular weight excluding hydrogens is 170 g/mol. The van der Waals surface area contributed by atoms with Gasteiger partial charge in [-0.3, -0.25) is 0 Å². The first kappa shape index (κ1) is 14.0. The summed E-state index contributed by atoms with van der Waals surface area (Å²) >= 11 is 0. The molecule has 0 radical (unpaired) electrons. The molecule has 0 aliphatic rings. The molecule has 0 rings (SSSR count). The fourth-order valence-corrected chi connectivity index (χ4v) is 1.68. The zero-order valence-electron chi connectivity index (χ0n) is 10.7. The molecule has 0 aromatic heterocycles. The predicted octanol–water partition coefficient (Wildman–Crippen LogP) is 3.93. The first-order chi connectivity index (χ1) is 6.70. The Kier molecular flexibility index (Phi) is 9.49. The molecule has 0 bridgehead atoms. The lowest BCUT2D eigenvalue weighted by molar-refractivity contribution is 0.294. The van der Waals surface area contributed by atoms with Crippen molar-refractivity contribution in [1.29, 1.82) is 0 Å². The molecule has 86 valence electrons. The highest BCUT2D eigenvalue weighted by Crippen LogP contribution is 2.12. The molecule has 0 amide bonds. The molecule has 0 aromatic rings. The van der Waals surface area contributed by atoms with E-state index in [2.05, 4.69) is 32.7 Å². The molecular formula is C13H29N. The van der Waals surface area contributed by atoms with Crippen LogP contribution in [0.5, 0.6) is 0 Å². The van der Waals surface area contributed by atoms with Crippen LogP contribution in [0.4, 0.5) is 0 Å². The van der Waals surface area contributed by atoms with Crippen molar-refractivity contribution in [3.05, 3.63) is 0 Å². The highest BCUT2D eigenvalue weighted by atomic mass is 15.1. The first-order valence-electron chi connectivity index (χ1n) is 6.39. The van der Waals surface area contributed by atoms with E-state index in [9.17, 15) is 0 Å². The van der Waals surface area contributed by atoms with Crippen molar-refractivity contribution in [2.75, 3.05) is 20.1 Å². The molecule has 0 fully saturated rings. The van der Waals surface area contributed by atoms with Crippen LogP contribution in [-0.4, -0.2) is 25.0 Å². The quantitative estimate of drug-likeness (QED) is 0.544. The lowest BCUT2D eigenvalue weighted by Crippen LogP contribution is -2.22. The minimum absolute atomic E-state index is 0.916. The Morgan fingerprint density at radius 3 is 2.14 bits per heavy atom. The second-order valence-electron chi connectivity index (χ2n) is 4.69. The molecule has 0 saturated carbocycles. The van der Waals surface area contributed by atoms with E-state index in [1.807, 2.05) is 0 Å². The van der Waals surface area contributed by atoms with Crippen molar-refractivity contribution in [3.8, 4) is 0 Å². The number of hydrogen-bond acceptors (Lipinski definition) is 1. The summed E-state index contributed by atoms with van der Waals surface area (Å²) in [6.07, 6.45) is 8.20. The molecule has 0 N–H and O–H groups in total. The number of unbranched alkanes of at least 4 members (excludes halogenated alkanes) is 2. The summed E-state index contributed by atoms with van der Waals surface area (Å²) in [6, 6.07) is 0. The Bertz CT molecular complexity index is 97.8. The third-order valence-electron chi connectivity index (χ3n) is 2.95. The third-order valence-corrected chi connectivity index (χ3v) is 2.95. The molecule has 0 saturated heterocycles. The van der Waals surface area contributed by atoms with Crippen LogP contribution in [-0.2, 0) is 0 Å². The Morgan fingerprint density at radius 1 is 0.929 bits per heavy atom. The number of rotatable bonds is 9. The lowest BCUT2D eigenvalue weighted by Gasteiger charge is -2.18. The Labute approximate surface area is 90.9 Å². The zero-order chi connectivity index (χ0) is 10.8. The monoisotopic (exact) mass is 199 g/mol. The predicted molar refractivity (Wildman–Crippen MR) is 65.7 cm³/mol. The van der Waals surface area contributed by atoms with Gasteiger partial charge in [0.25, 0.3) is 0 Å². The van der Waals surface area contributed by atoms with Gasteiger partial charge in [-0.1, -0.05) is 46.5 Å². The van der Waals surface area contributed by atoms with Crippen LogP contribution < -0.4 is 0 Å². The molecule has 0 aliphatic carbocycles. The summed E-state index contributed by atoms with van der Waals surface area (Å²) in [5, 5.41) is 0. The average Bonchev–Trinajstić information content (AvgIpc) is 2.20. The number of nitrogens with zero attached hydrogens (tertiary/aromatic N) is 1. The molecule has 0 aliphatic heterocycles. The highest BCUT2D eigenvalue weighted by Gasteiger charge is 2.03. The molecule has 0 aromatic carbocycles. The van der Waals surface area contributed by atoms with Crippen LogP contribution in [0.15, 0.2) is 0 Å². The summed E-state index contributed by atoms with van der Waals surface area (Å²) in [5.74, 6) is 0.916. The molecule has 1 unspecified atom stereocenters. The smallest absolute Gasteiger partial charge is 0.00192 e. The van der Waals surface area contributed by atoms with Crippen LogP contribution in [0, 0.1) is 5.92 Å². The normalized spacial score (nSPS) is 13.5. The standard InChI is InChI=1S/C13H29N/c1-5-7-9-13(3)10-12-14(4)11-8-6-2/h13H,5-12H2,1-4H3. The van der Waals surface area contributed by atoms with Gasteiger partial charge >= 0.3 is 0 Å². The largest absolute Gasteiger partial charge is 0.306 e. The summed E-state index contributed by atoms with van der Waals surface area (Å²) in [4.78, 5) is 2.48. The average molecular weight is 199 g/mol. The molecule has 1 heteroatoms. The van der Waals surface area contributed by atoms with E-state index in [-0.39, 0.29) is 0 Å². The van der Waals surface area contributed by atoms with Crippen LogP contribution in [0.3, 0.4) is 0 Å². The molecule has 0 spiro atoms. The zero-order valence-corrected chi connectivity index (χ0v) is 10.7. The maximum absolute atomic E-state index is 2.48. The Hall–Kier alpha value is -0.0400. The van der Waals surface area contributed by atoms with E-state index in [0.717, 1.165) is 5.92 Å². The van der Waals surface area contributed by atoms with Crippen molar-refractivity contribution in [3.63, 3.8) is 0 Å². The van der Waals surface area contributed by atoms with Crippen molar-refractivity contribution in [1.82, 2.24) is 4.90 Å². The number of hydrogen-bond donors (Lipinski definition) is 0. The van der Waals surface area contributed by atoms with Gasteiger partial charge in [-0.15, -0.1) is 0 Å². The second kappa shape index (κ2) is 9.51. The SMILES string of the molecule is CCCCC(C)CCN(C)CCCC. The van der Waals surface area contributed by atoms with E-state index in [1.54, 1.807) is 0 Å². The van der Waals surface area contributed by atoms with E-state index in [4.69, 9.17) is 0 Å². The maximum atomic E-state index is 2.48. The van der Waals surface area contributed by atoms with E-state index < -0.39 is 0 Å². The lowest BCUT2D eigenvalue weighted by atomic mass is 10.0. The van der Waals surface area contributed by atoms with Crippen molar-refractivity contribution in [2.45, 2.75) is 59.3 Å². The van der Waals surface area contributed by atoms with Gasteiger partial charge in [-0.05, 0) is 38.9 Å². The van der Waals surface area contributed by atoms with Crippen molar-refractivity contribution >= 4 is 0 Å². The van der Waals surface area contributed by atoms with E-state index >= 15 is 0 Å². The highest BCUT2D eigenvalue weighted by molar-refractivity contribution is 4.57. The first-order valence-corrected chi connectivity index (χ1v) is 6.39. The minimum Gasteiger partial charge on any atom is -0.306 e. The van der Waals surface area contributed by atoms with Crippen molar-refractivity contribution in [2.24, 2.45) is 5.92 Å². The van der Waals surface area contributed by atoms with Gasteiger partial charge in [0, 0.05) is 0 Å². The molecule has 1 atom stereocenters. The minimum atomic E-state index is 0.916. The molecule has 14 heavy (non-hydrogen) atoms. The Balaban J connectivity index is 3.31. The van der Waals surface area contributed by atoms with Gasteiger partial charge in [-0.2, -0.15) is 0 Å². The molecule has 1 nitrogen and oxygen atoms in total. The van der Waals surface area contributed by atoms with E-state index in [1.165, 1.54) is 51.6 Å². The van der Waals surface area contributed by atoms with Gasteiger partial charge in [0.2, 0.25) is 0 Å².